The van der Waals surface area contributed by atoms with E-state index in [1.807, 2.05) is 0 Å². The number of aliphatic hydroxyl groups is 1. The minimum absolute atomic E-state index is 0.0148. The first kappa shape index (κ1) is 25.8. The summed E-state index contributed by atoms with van der Waals surface area (Å²) in [6.07, 6.45) is -7.40. The van der Waals surface area contributed by atoms with Crippen molar-refractivity contribution in [1.82, 2.24) is 4.98 Å². The van der Waals surface area contributed by atoms with Crippen LogP contribution in [0, 0.1) is 17.6 Å². The molecule has 1 aromatic heterocycles. The van der Waals surface area contributed by atoms with Gasteiger partial charge in [-0.15, -0.1) is 0 Å². The van der Waals surface area contributed by atoms with E-state index in [0.29, 0.717) is 0 Å². The molecule has 0 bridgehead atoms. The third-order valence-corrected chi connectivity index (χ3v) is 6.10. The summed E-state index contributed by atoms with van der Waals surface area (Å²) in [4.78, 5) is 16.8. The molecule has 0 unspecified atom stereocenters. The number of nitrogens with zero attached hydrogens (tertiary/aromatic N) is 1. The Balaban J connectivity index is 2.05. The van der Waals surface area contributed by atoms with E-state index in [9.17, 15) is 31.1 Å². The van der Waals surface area contributed by atoms with E-state index >= 15 is 0 Å². The number of hydrogen-bond donors (Lipinski definition) is 2. The van der Waals surface area contributed by atoms with Crippen LogP contribution in [0.25, 0.3) is 0 Å². The summed E-state index contributed by atoms with van der Waals surface area (Å²) < 4.78 is 93.9. The van der Waals surface area contributed by atoms with Crippen molar-refractivity contribution in [1.29, 1.82) is 0 Å². The van der Waals surface area contributed by atoms with E-state index < -0.39 is 65.8 Å². The van der Waals surface area contributed by atoms with Crippen molar-refractivity contribution in [3.05, 3.63) is 53.4 Å². The minimum atomic E-state index is -4.90. The maximum absolute atomic E-state index is 14.4. The zero-order valence-corrected chi connectivity index (χ0v) is 18.3. The van der Waals surface area contributed by atoms with Crippen molar-refractivity contribution in [2.45, 2.75) is 43.8 Å². The van der Waals surface area contributed by atoms with Gasteiger partial charge in [0.1, 0.15) is 6.10 Å². The molecule has 1 aromatic carbocycles. The van der Waals surface area contributed by atoms with Gasteiger partial charge in [0.05, 0.1) is 19.4 Å². The van der Waals surface area contributed by atoms with Crippen molar-refractivity contribution in [3.8, 4) is 5.75 Å². The number of aromatic nitrogens is 1. The number of halogens is 6. The first-order chi connectivity index (χ1) is 15.9. The number of pyridine rings is 1. The summed E-state index contributed by atoms with van der Waals surface area (Å²) in [5.41, 5.74) is -3.21. The molecule has 0 aliphatic carbocycles. The summed E-state index contributed by atoms with van der Waals surface area (Å²) in [7, 11) is 1.02. The predicted octanol–water partition coefficient (Wildman–Crippen LogP) is 4.45. The van der Waals surface area contributed by atoms with Crippen LogP contribution in [-0.4, -0.2) is 47.6 Å². The maximum Gasteiger partial charge on any atom is 0.417 e. The molecule has 0 saturated carbocycles. The molecule has 186 valence electrons. The number of aliphatic hydroxyl groups excluding tert-OH is 1. The number of amides is 1. The van der Waals surface area contributed by atoms with Gasteiger partial charge in [-0.05, 0) is 25.1 Å². The molecular formula is C22H22F6N2O4. The summed E-state index contributed by atoms with van der Waals surface area (Å²) in [5.74, 6) is -7.17. The molecular weight excluding hydrogens is 470 g/mol. The number of benzene rings is 1. The van der Waals surface area contributed by atoms with E-state index in [0.717, 1.165) is 38.4 Å². The second kappa shape index (κ2) is 9.41. The molecule has 2 N–H and O–H groups in total. The van der Waals surface area contributed by atoms with Gasteiger partial charge in [0.25, 0.3) is 5.91 Å². The summed E-state index contributed by atoms with van der Waals surface area (Å²) in [6, 6.07) is 4.14. The fourth-order valence-corrected chi connectivity index (χ4v) is 4.04. The van der Waals surface area contributed by atoms with Gasteiger partial charge < -0.3 is 19.9 Å². The van der Waals surface area contributed by atoms with Gasteiger partial charge in [-0.2, -0.15) is 17.6 Å². The number of carbonyl (C=O) groups is 1. The van der Waals surface area contributed by atoms with Gasteiger partial charge in [-0.1, -0.05) is 13.0 Å². The molecule has 3 rings (SSSR count). The van der Waals surface area contributed by atoms with Crippen LogP contribution in [-0.2, 0) is 9.53 Å². The Morgan fingerprint density at radius 1 is 1.32 bits per heavy atom. The largest absolute Gasteiger partial charge is 0.493 e. The number of methoxy groups -OCH3 is 1. The van der Waals surface area contributed by atoms with Crippen LogP contribution in [0.15, 0.2) is 30.5 Å². The average Bonchev–Trinajstić information content (AvgIpc) is 3.07. The number of carbonyl (C=O) groups excluding carboxylic acids is 1. The number of anilines is 1. The Labute approximate surface area is 190 Å². The number of nitrogens with one attached hydrogen (secondary N) is 1. The highest BCUT2D eigenvalue weighted by molar-refractivity contribution is 5.95. The second-order valence-corrected chi connectivity index (χ2v) is 8.05. The zero-order chi connectivity index (χ0) is 25.4. The highest BCUT2D eigenvalue weighted by Crippen LogP contribution is 2.55. The van der Waals surface area contributed by atoms with Crippen LogP contribution in [0.1, 0.15) is 37.2 Å². The molecule has 6 nitrogen and oxygen atoms in total. The summed E-state index contributed by atoms with van der Waals surface area (Å²) in [5, 5.41) is 11.3. The number of alkyl halides is 4. The van der Waals surface area contributed by atoms with Crippen molar-refractivity contribution in [3.63, 3.8) is 0 Å². The van der Waals surface area contributed by atoms with Crippen LogP contribution in [0.3, 0.4) is 0 Å². The van der Waals surface area contributed by atoms with Crippen molar-refractivity contribution in [2.24, 2.45) is 5.92 Å². The lowest BCUT2D eigenvalue weighted by molar-refractivity contribution is -0.272. The molecule has 5 atom stereocenters. The van der Waals surface area contributed by atoms with Crippen LogP contribution >= 0.6 is 0 Å². The smallest absolute Gasteiger partial charge is 0.417 e. The van der Waals surface area contributed by atoms with E-state index in [4.69, 9.17) is 14.6 Å². The Morgan fingerprint density at radius 2 is 2.00 bits per heavy atom. The lowest BCUT2D eigenvalue weighted by Gasteiger charge is -2.32. The first-order valence-corrected chi connectivity index (χ1v) is 10.1. The van der Waals surface area contributed by atoms with E-state index in [2.05, 4.69) is 10.3 Å². The molecule has 2 heterocycles. The van der Waals surface area contributed by atoms with E-state index in [1.165, 1.54) is 13.0 Å². The van der Waals surface area contributed by atoms with Crippen molar-refractivity contribution >= 4 is 11.6 Å². The molecule has 34 heavy (non-hydrogen) atoms. The molecule has 2 aromatic rings. The monoisotopic (exact) mass is 492 g/mol. The molecule has 1 aliphatic heterocycles. The number of hydrogen-bond acceptors (Lipinski definition) is 5. The highest BCUT2D eigenvalue weighted by Gasteiger charge is 2.65. The van der Waals surface area contributed by atoms with Gasteiger partial charge in [-0.25, -0.2) is 8.78 Å². The Bertz CT molecular complexity index is 1070. The quantitative estimate of drug-likeness (QED) is 0.583. The zero-order valence-electron chi connectivity index (χ0n) is 18.3. The average molecular weight is 492 g/mol. The topological polar surface area (TPSA) is 80.7 Å². The van der Waals surface area contributed by atoms with E-state index in [-0.39, 0.29) is 16.9 Å². The normalized spacial score (nSPS) is 25.8. The number of rotatable bonds is 6. The van der Waals surface area contributed by atoms with Crippen LogP contribution < -0.4 is 10.1 Å². The Hall–Kier alpha value is -2.86. The Morgan fingerprint density at radius 3 is 2.59 bits per heavy atom. The molecule has 12 heteroatoms. The van der Waals surface area contributed by atoms with Gasteiger partial charge in [-0.3, -0.25) is 9.78 Å². The molecule has 1 aliphatic rings. The molecule has 0 radical (unpaired) electrons. The van der Waals surface area contributed by atoms with Crippen LogP contribution in [0.4, 0.5) is 32.0 Å². The predicted molar refractivity (Wildman–Crippen MR) is 108 cm³/mol. The molecule has 1 fully saturated rings. The standard InChI is InChI=1S/C22H22F6N2O4/c1-10-16(12-4-5-13(23)17(25)18(12)33-3)19(34-21(10,2)22(26,27)28)20(32)30-11-6-7-29-15(8-11)14(24)9-31/h4-8,10,14,16,19,31H,9H2,1-3H3,(H,29,30,32)/t10-,14-,16-,19+,21+/m0/s1. The fourth-order valence-electron chi connectivity index (χ4n) is 4.04. The molecule has 1 amide bonds. The highest BCUT2D eigenvalue weighted by atomic mass is 19.4. The second-order valence-electron chi connectivity index (χ2n) is 8.05. The fraction of sp³-hybridized carbons (Fsp3) is 0.455. The number of ether oxygens (including phenoxy) is 2. The molecule has 1 saturated heterocycles. The SMILES string of the molecule is COc1c([C@H]2[C@H](C(=O)Nc3ccnc([C@@H](F)CO)c3)O[C@@](C)(C(F)(F)F)[C@H]2C)ccc(F)c1F. The lowest BCUT2D eigenvalue weighted by atomic mass is 9.77. The van der Waals surface area contributed by atoms with Crippen LogP contribution in [0.5, 0.6) is 5.75 Å². The van der Waals surface area contributed by atoms with Gasteiger partial charge in [0.15, 0.2) is 23.3 Å². The first-order valence-electron chi connectivity index (χ1n) is 10.1. The minimum Gasteiger partial charge on any atom is -0.493 e. The van der Waals surface area contributed by atoms with E-state index in [1.54, 1.807) is 0 Å². The maximum atomic E-state index is 14.4. The third kappa shape index (κ3) is 4.43. The van der Waals surface area contributed by atoms with Crippen molar-refractivity contribution < 1.29 is 45.7 Å². The summed E-state index contributed by atoms with van der Waals surface area (Å²) >= 11 is 0. The van der Waals surface area contributed by atoms with Gasteiger partial charge in [0, 0.05) is 29.3 Å². The molecule has 0 spiro atoms. The Kier molecular flexibility index (Phi) is 7.13. The lowest BCUT2D eigenvalue weighted by Crippen LogP contribution is -2.47. The third-order valence-electron chi connectivity index (χ3n) is 6.10. The summed E-state index contributed by atoms with van der Waals surface area (Å²) in [6.45, 7) is 1.09. The van der Waals surface area contributed by atoms with Crippen LogP contribution in [0.2, 0.25) is 0 Å². The van der Waals surface area contributed by atoms with Gasteiger partial charge in [0.2, 0.25) is 5.82 Å². The van der Waals surface area contributed by atoms with Gasteiger partial charge >= 0.3 is 6.18 Å². The van der Waals surface area contributed by atoms with Crippen molar-refractivity contribution in [2.75, 3.05) is 19.0 Å².